The zero-order valence-electron chi connectivity index (χ0n) is 11.3. The van der Waals surface area contributed by atoms with Crippen molar-refractivity contribution in [1.82, 2.24) is 10.6 Å². The van der Waals surface area contributed by atoms with Crippen LogP contribution in [-0.4, -0.2) is 42.4 Å². The number of aliphatic hydroxyl groups excluding tert-OH is 1. The summed E-state index contributed by atoms with van der Waals surface area (Å²) in [6, 6.07) is 5.52. The molecule has 20 heavy (non-hydrogen) atoms. The summed E-state index contributed by atoms with van der Waals surface area (Å²) in [6.45, 7) is 2.55. The Morgan fingerprint density at radius 2 is 2.45 bits per heavy atom. The number of β-amino-alcohol motifs (C(OH)–C–C–N with tert-alkyl or cyclic N) is 1. The van der Waals surface area contributed by atoms with E-state index in [1.54, 1.807) is 19.1 Å². The van der Waals surface area contributed by atoms with Crippen LogP contribution in [0.4, 0.5) is 4.39 Å². The maximum atomic E-state index is 13.0. The van der Waals surface area contributed by atoms with E-state index in [1.807, 2.05) is 0 Å². The number of halogens is 1. The minimum Gasteiger partial charge on any atom is -0.489 e. The van der Waals surface area contributed by atoms with E-state index in [1.165, 1.54) is 12.1 Å². The highest BCUT2D eigenvalue weighted by Crippen LogP contribution is 2.13. The molecule has 0 aliphatic carbocycles. The molecule has 1 aromatic rings. The third-order valence-corrected chi connectivity index (χ3v) is 3.12. The summed E-state index contributed by atoms with van der Waals surface area (Å²) < 4.78 is 18.5. The standard InChI is InChI=1S/C14H19FN2O3/c1-9(20-12-4-2-3-10(15)5-12)7-17-14(19)13-6-11(18)8-16-13/h2-5,9,11,13,16,18H,6-8H2,1H3,(H,17,19). The Morgan fingerprint density at radius 3 is 3.10 bits per heavy atom. The van der Waals surface area contributed by atoms with Gasteiger partial charge >= 0.3 is 0 Å². The van der Waals surface area contributed by atoms with E-state index < -0.39 is 6.10 Å². The molecule has 110 valence electrons. The molecule has 0 spiro atoms. The van der Waals surface area contributed by atoms with Crippen molar-refractivity contribution in [2.75, 3.05) is 13.1 Å². The van der Waals surface area contributed by atoms with Crippen LogP contribution < -0.4 is 15.4 Å². The molecule has 0 aromatic heterocycles. The molecular weight excluding hydrogens is 263 g/mol. The molecule has 3 atom stereocenters. The smallest absolute Gasteiger partial charge is 0.237 e. The first-order valence-corrected chi connectivity index (χ1v) is 6.66. The average Bonchev–Trinajstić information content (AvgIpc) is 2.83. The second-order valence-electron chi connectivity index (χ2n) is 4.98. The molecule has 1 heterocycles. The SMILES string of the molecule is CC(CNC(=O)C1CC(O)CN1)Oc1cccc(F)c1. The van der Waals surface area contributed by atoms with Crippen LogP contribution in [0.2, 0.25) is 0 Å². The number of carbonyl (C=O) groups excluding carboxylic acids is 1. The summed E-state index contributed by atoms with van der Waals surface area (Å²) in [5.74, 6) is -0.0831. The van der Waals surface area contributed by atoms with Crippen LogP contribution in [0.3, 0.4) is 0 Å². The summed E-state index contributed by atoms with van der Waals surface area (Å²) in [7, 11) is 0. The lowest BCUT2D eigenvalue weighted by Crippen LogP contribution is -2.43. The lowest BCUT2D eigenvalue weighted by Gasteiger charge is -2.17. The summed E-state index contributed by atoms with van der Waals surface area (Å²) in [5, 5.41) is 15.0. The molecule has 1 aliphatic rings. The second kappa shape index (κ2) is 6.67. The number of carbonyl (C=O) groups is 1. The zero-order chi connectivity index (χ0) is 14.5. The zero-order valence-corrected chi connectivity index (χ0v) is 11.3. The Morgan fingerprint density at radius 1 is 1.65 bits per heavy atom. The molecule has 6 heteroatoms. The van der Waals surface area contributed by atoms with Crippen LogP contribution in [0.1, 0.15) is 13.3 Å². The minimum atomic E-state index is -0.466. The number of nitrogens with one attached hydrogen (secondary N) is 2. The molecule has 0 saturated carbocycles. The molecule has 3 N–H and O–H groups in total. The molecule has 5 nitrogen and oxygen atoms in total. The fraction of sp³-hybridized carbons (Fsp3) is 0.500. The van der Waals surface area contributed by atoms with Crippen LogP contribution in [0.15, 0.2) is 24.3 Å². The maximum Gasteiger partial charge on any atom is 0.237 e. The van der Waals surface area contributed by atoms with Gasteiger partial charge < -0.3 is 20.5 Å². The summed E-state index contributed by atoms with van der Waals surface area (Å²) >= 11 is 0. The van der Waals surface area contributed by atoms with Crippen LogP contribution in [0.5, 0.6) is 5.75 Å². The maximum absolute atomic E-state index is 13.0. The van der Waals surface area contributed by atoms with Crippen molar-refractivity contribution in [3.63, 3.8) is 0 Å². The normalized spacial score (nSPS) is 23.4. The molecular formula is C14H19FN2O3. The van der Waals surface area contributed by atoms with Gasteiger partial charge in [0.25, 0.3) is 0 Å². The molecule has 0 radical (unpaired) electrons. The summed E-state index contributed by atoms with van der Waals surface area (Å²) in [4.78, 5) is 11.8. The highest BCUT2D eigenvalue weighted by atomic mass is 19.1. The van der Waals surface area contributed by atoms with Crippen molar-refractivity contribution in [3.05, 3.63) is 30.1 Å². The predicted octanol–water partition coefficient (Wildman–Crippen LogP) is 0.432. The van der Waals surface area contributed by atoms with E-state index in [2.05, 4.69) is 10.6 Å². The van der Waals surface area contributed by atoms with Crippen molar-refractivity contribution in [1.29, 1.82) is 0 Å². The molecule has 1 amide bonds. The second-order valence-corrected chi connectivity index (χ2v) is 4.98. The van der Waals surface area contributed by atoms with Gasteiger partial charge in [0.05, 0.1) is 18.7 Å². The molecule has 2 rings (SSSR count). The lowest BCUT2D eigenvalue weighted by atomic mass is 10.2. The molecule has 1 aromatic carbocycles. The Labute approximate surface area is 117 Å². The van der Waals surface area contributed by atoms with E-state index >= 15 is 0 Å². The molecule has 3 unspecified atom stereocenters. The van der Waals surface area contributed by atoms with Gasteiger partial charge in [-0.1, -0.05) is 6.07 Å². The molecule has 1 aliphatic heterocycles. The molecule has 1 fully saturated rings. The third kappa shape index (κ3) is 4.18. The number of rotatable bonds is 5. The minimum absolute atomic E-state index is 0.156. The Kier molecular flexibility index (Phi) is 4.92. The van der Waals surface area contributed by atoms with Gasteiger partial charge in [0.15, 0.2) is 0 Å². The van der Waals surface area contributed by atoms with E-state index in [-0.39, 0.29) is 23.9 Å². The fourth-order valence-corrected chi connectivity index (χ4v) is 2.10. The van der Waals surface area contributed by atoms with E-state index in [9.17, 15) is 14.3 Å². The summed E-state index contributed by atoms with van der Waals surface area (Å²) in [5.41, 5.74) is 0. The topological polar surface area (TPSA) is 70.6 Å². The van der Waals surface area contributed by atoms with Crippen LogP contribution in [0.25, 0.3) is 0 Å². The van der Waals surface area contributed by atoms with Crippen molar-refractivity contribution in [2.24, 2.45) is 0 Å². The Hall–Kier alpha value is -1.66. The van der Waals surface area contributed by atoms with Crippen LogP contribution >= 0.6 is 0 Å². The average molecular weight is 282 g/mol. The molecule has 1 saturated heterocycles. The highest BCUT2D eigenvalue weighted by Gasteiger charge is 2.27. The third-order valence-electron chi connectivity index (χ3n) is 3.12. The largest absolute Gasteiger partial charge is 0.489 e. The van der Waals surface area contributed by atoms with Gasteiger partial charge in [-0.05, 0) is 25.5 Å². The number of hydrogen-bond donors (Lipinski definition) is 3. The first-order valence-electron chi connectivity index (χ1n) is 6.66. The van der Waals surface area contributed by atoms with Gasteiger partial charge in [0, 0.05) is 12.6 Å². The first-order chi connectivity index (χ1) is 9.54. The number of amides is 1. The lowest BCUT2D eigenvalue weighted by molar-refractivity contribution is -0.123. The Balaban J connectivity index is 1.75. The van der Waals surface area contributed by atoms with Gasteiger partial charge in [-0.25, -0.2) is 4.39 Å². The van der Waals surface area contributed by atoms with Crippen molar-refractivity contribution in [2.45, 2.75) is 31.6 Å². The Bertz CT molecular complexity index is 469. The predicted molar refractivity (Wildman–Crippen MR) is 71.9 cm³/mol. The van der Waals surface area contributed by atoms with Gasteiger partial charge in [-0.3, -0.25) is 4.79 Å². The van der Waals surface area contributed by atoms with Crippen LogP contribution in [-0.2, 0) is 4.79 Å². The van der Waals surface area contributed by atoms with Crippen molar-refractivity contribution >= 4 is 5.91 Å². The van der Waals surface area contributed by atoms with Gasteiger partial charge in [0.1, 0.15) is 17.7 Å². The van der Waals surface area contributed by atoms with E-state index in [4.69, 9.17) is 4.74 Å². The van der Waals surface area contributed by atoms with Crippen molar-refractivity contribution < 1.29 is 19.0 Å². The first kappa shape index (κ1) is 14.7. The van der Waals surface area contributed by atoms with E-state index in [0.717, 1.165) is 0 Å². The highest BCUT2D eigenvalue weighted by molar-refractivity contribution is 5.82. The van der Waals surface area contributed by atoms with Gasteiger partial charge in [-0.15, -0.1) is 0 Å². The van der Waals surface area contributed by atoms with Gasteiger partial charge in [-0.2, -0.15) is 0 Å². The van der Waals surface area contributed by atoms with Crippen molar-refractivity contribution in [3.8, 4) is 5.75 Å². The van der Waals surface area contributed by atoms with Gasteiger partial charge in [0.2, 0.25) is 5.91 Å². The number of ether oxygens (including phenoxy) is 1. The summed E-state index contributed by atoms with van der Waals surface area (Å²) in [6.07, 6.45) is -0.316. The monoisotopic (exact) mass is 282 g/mol. The van der Waals surface area contributed by atoms with E-state index in [0.29, 0.717) is 25.3 Å². The fourth-order valence-electron chi connectivity index (χ4n) is 2.10. The molecule has 0 bridgehead atoms. The number of aliphatic hydroxyl groups is 1. The number of hydrogen-bond acceptors (Lipinski definition) is 4. The number of benzene rings is 1. The van der Waals surface area contributed by atoms with Crippen LogP contribution in [0, 0.1) is 5.82 Å². The quantitative estimate of drug-likeness (QED) is 0.732.